The number of anilines is 2. The summed E-state index contributed by atoms with van der Waals surface area (Å²) in [4.78, 5) is 26.9. The highest BCUT2D eigenvalue weighted by atomic mass is 16.2. The molecule has 0 bridgehead atoms. The quantitative estimate of drug-likeness (QED) is 0.397. The van der Waals surface area contributed by atoms with Crippen LogP contribution < -0.4 is 10.2 Å². The Kier molecular flexibility index (Phi) is 16.4. The number of hydrogen-bond donors (Lipinski definition) is 2. The molecule has 11 heteroatoms. The second-order valence-electron chi connectivity index (χ2n) is 11.7. The fourth-order valence-corrected chi connectivity index (χ4v) is 5.24. The molecule has 0 saturated carbocycles. The van der Waals surface area contributed by atoms with Crippen LogP contribution >= 0.6 is 0 Å². The number of nitriles is 1. The fourth-order valence-electron chi connectivity index (χ4n) is 5.24. The highest BCUT2D eigenvalue weighted by molar-refractivity contribution is 5.49. The van der Waals surface area contributed by atoms with Crippen molar-refractivity contribution in [2.24, 2.45) is 11.8 Å². The first-order valence-corrected chi connectivity index (χ1v) is 15.5. The highest BCUT2D eigenvalue weighted by Crippen LogP contribution is 2.22. The van der Waals surface area contributed by atoms with Crippen LogP contribution in [0.2, 0.25) is 0 Å². The third-order valence-corrected chi connectivity index (χ3v) is 8.28. The molecular formula is C32H52N10O. The Morgan fingerprint density at radius 2 is 1.56 bits per heavy atom. The molecule has 236 valence electrons. The van der Waals surface area contributed by atoms with Crippen molar-refractivity contribution in [3.05, 3.63) is 40.8 Å². The van der Waals surface area contributed by atoms with Gasteiger partial charge in [-0.05, 0) is 117 Å². The third kappa shape index (κ3) is 13.2. The topological polar surface area (TPSA) is 122 Å². The van der Waals surface area contributed by atoms with Crippen LogP contribution in [-0.2, 0) is 0 Å². The Balaban J connectivity index is 0.000000247. The van der Waals surface area contributed by atoms with E-state index in [9.17, 15) is 0 Å². The molecule has 0 aliphatic carbocycles. The summed E-state index contributed by atoms with van der Waals surface area (Å²) in [5, 5.41) is 20.0. The predicted molar refractivity (Wildman–Crippen MR) is 173 cm³/mol. The molecule has 0 aromatic carbocycles. The molecule has 0 radical (unpaired) electrons. The minimum atomic E-state index is 0.367. The van der Waals surface area contributed by atoms with Gasteiger partial charge in [-0.25, -0.2) is 24.8 Å². The van der Waals surface area contributed by atoms with Gasteiger partial charge in [0, 0.05) is 39.1 Å². The van der Waals surface area contributed by atoms with Gasteiger partial charge in [-0.3, -0.25) is 0 Å². The molecule has 0 amide bonds. The zero-order valence-electron chi connectivity index (χ0n) is 27.2. The van der Waals surface area contributed by atoms with Crippen LogP contribution in [0.25, 0.3) is 4.85 Å². The minimum Gasteiger partial charge on any atom is -0.396 e. The summed E-state index contributed by atoms with van der Waals surface area (Å²) in [5.41, 5.74) is 2.52. The van der Waals surface area contributed by atoms with E-state index >= 15 is 0 Å². The monoisotopic (exact) mass is 592 g/mol. The van der Waals surface area contributed by atoms with Crippen LogP contribution in [0.5, 0.6) is 0 Å². The number of likely N-dealkylation sites (tertiary alicyclic amines) is 2. The largest absolute Gasteiger partial charge is 0.396 e. The smallest absolute Gasteiger partial charge is 0.225 e. The second-order valence-corrected chi connectivity index (χ2v) is 11.7. The molecule has 43 heavy (non-hydrogen) atoms. The lowest BCUT2D eigenvalue weighted by Gasteiger charge is -2.29. The Bertz CT molecular complexity index is 1160. The van der Waals surface area contributed by atoms with Crippen LogP contribution in [0, 0.1) is 43.6 Å². The van der Waals surface area contributed by atoms with Crippen molar-refractivity contribution in [1.82, 2.24) is 29.7 Å². The number of aliphatic hydroxyl groups is 1. The molecule has 2 aliphatic rings. The third-order valence-electron chi connectivity index (χ3n) is 8.28. The summed E-state index contributed by atoms with van der Waals surface area (Å²) in [6.45, 7) is 17.0. The second kappa shape index (κ2) is 19.7. The summed E-state index contributed by atoms with van der Waals surface area (Å²) in [6.07, 6.45) is 13.1. The van der Waals surface area contributed by atoms with Gasteiger partial charge in [-0.15, -0.1) is 0 Å². The highest BCUT2D eigenvalue weighted by Gasteiger charge is 2.17. The van der Waals surface area contributed by atoms with Crippen molar-refractivity contribution >= 4 is 17.6 Å². The normalized spacial score (nSPS) is 16.1. The number of nitrogens with one attached hydrogen (secondary N) is 1. The minimum absolute atomic E-state index is 0.367. The predicted octanol–water partition coefficient (Wildman–Crippen LogP) is 4.69. The maximum atomic E-state index is 8.64. The van der Waals surface area contributed by atoms with Crippen molar-refractivity contribution in [2.75, 3.05) is 77.7 Å². The SMILES string of the molecule is CN1CCC(CCCO)CC1.CNc1ncc(C#N)c(C)n1.[C-]#[N+]c1cnc(N(C)CCCC2CCN(C)CC2)nc1C. The lowest BCUT2D eigenvalue weighted by atomic mass is 9.92. The van der Waals surface area contributed by atoms with Crippen LogP contribution in [0.4, 0.5) is 17.6 Å². The van der Waals surface area contributed by atoms with Gasteiger partial charge in [0.05, 0.1) is 24.0 Å². The molecule has 4 rings (SSSR count). The average Bonchev–Trinajstić information content (AvgIpc) is 3.02. The zero-order valence-corrected chi connectivity index (χ0v) is 27.2. The molecule has 4 heterocycles. The van der Waals surface area contributed by atoms with E-state index in [-0.39, 0.29) is 0 Å². The van der Waals surface area contributed by atoms with Gasteiger partial charge in [0.15, 0.2) is 0 Å². The zero-order chi connectivity index (χ0) is 31.6. The maximum Gasteiger partial charge on any atom is 0.225 e. The van der Waals surface area contributed by atoms with E-state index in [2.05, 4.69) is 58.9 Å². The van der Waals surface area contributed by atoms with E-state index < -0.39 is 0 Å². The molecule has 2 saturated heterocycles. The Morgan fingerprint density at radius 1 is 0.977 bits per heavy atom. The Labute approximate surface area is 259 Å². The van der Waals surface area contributed by atoms with Crippen molar-refractivity contribution in [3.63, 3.8) is 0 Å². The van der Waals surface area contributed by atoms with Crippen molar-refractivity contribution < 1.29 is 5.11 Å². The van der Waals surface area contributed by atoms with E-state index in [1.54, 1.807) is 20.2 Å². The summed E-state index contributed by atoms with van der Waals surface area (Å²) < 4.78 is 0. The number of rotatable bonds is 9. The van der Waals surface area contributed by atoms with Crippen LogP contribution in [0.1, 0.15) is 68.3 Å². The van der Waals surface area contributed by atoms with E-state index in [0.29, 0.717) is 29.5 Å². The number of piperidine rings is 2. The Morgan fingerprint density at radius 3 is 2.02 bits per heavy atom. The van der Waals surface area contributed by atoms with E-state index in [1.807, 2.05) is 20.0 Å². The first kappa shape index (κ1) is 35.8. The molecule has 11 nitrogen and oxygen atoms in total. The van der Waals surface area contributed by atoms with Gasteiger partial charge in [-0.2, -0.15) is 5.26 Å². The summed E-state index contributed by atoms with van der Waals surface area (Å²) in [7, 11) is 8.15. The van der Waals surface area contributed by atoms with E-state index in [0.717, 1.165) is 36.4 Å². The first-order valence-electron chi connectivity index (χ1n) is 15.5. The molecular weight excluding hydrogens is 540 g/mol. The maximum absolute atomic E-state index is 8.64. The molecule has 2 aliphatic heterocycles. The lowest BCUT2D eigenvalue weighted by molar-refractivity contribution is 0.197. The number of aromatic nitrogens is 4. The van der Waals surface area contributed by atoms with Crippen LogP contribution in [0.15, 0.2) is 12.4 Å². The molecule has 2 aromatic heterocycles. The van der Waals surface area contributed by atoms with Gasteiger partial charge >= 0.3 is 0 Å². The standard InChI is InChI=1S/C16H25N5.C9H19NO.C7H8N4/c1-13-15(17-2)12-18-16(19-13)21(4)9-5-6-14-7-10-20(3)11-8-14;1-10-6-4-9(5-7-10)3-2-8-11;1-5-6(3-8)4-10-7(9-2)11-5/h12,14H,5-11H2,1,3-4H3;9,11H,2-8H2,1H3;4H,1-2H3,(H,9,10,11). The summed E-state index contributed by atoms with van der Waals surface area (Å²) in [6, 6.07) is 1.99. The van der Waals surface area contributed by atoms with Crippen molar-refractivity contribution in [2.45, 2.75) is 65.2 Å². The van der Waals surface area contributed by atoms with Gasteiger partial charge in [-0.1, -0.05) is 0 Å². The number of hydrogen-bond acceptors (Lipinski definition) is 10. The van der Waals surface area contributed by atoms with Crippen molar-refractivity contribution in [3.8, 4) is 6.07 Å². The number of nitrogens with zero attached hydrogens (tertiary/aromatic N) is 9. The van der Waals surface area contributed by atoms with Gasteiger partial charge < -0.3 is 25.1 Å². The summed E-state index contributed by atoms with van der Waals surface area (Å²) in [5.74, 6) is 3.03. The van der Waals surface area contributed by atoms with Gasteiger partial charge in [0.2, 0.25) is 17.6 Å². The molecule has 2 fully saturated rings. The molecule has 0 unspecified atom stereocenters. The van der Waals surface area contributed by atoms with E-state index in [1.165, 1.54) is 77.3 Å². The van der Waals surface area contributed by atoms with Crippen LogP contribution in [-0.4, -0.2) is 102 Å². The molecule has 2 aromatic rings. The van der Waals surface area contributed by atoms with E-state index in [4.69, 9.17) is 16.9 Å². The molecule has 2 N–H and O–H groups in total. The van der Waals surface area contributed by atoms with Crippen molar-refractivity contribution in [1.29, 1.82) is 5.26 Å². The Hall–Kier alpha value is -3.38. The lowest BCUT2D eigenvalue weighted by Crippen LogP contribution is -2.30. The molecule has 0 atom stereocenters. The van der Waals surface area contributed by atoms with Gasteiger partial charge in [0.25, 0.3) is 0 Å². The fraction of sp³-hybridized carbons (Fsp3) is 0.688. The first-order chi connectivity index (χ1) is 20.7. The number of aliphatic hydroxyl groups excluding tert-OH is 1. The number of aryl methyl sites for hydroxylation is 2. The molecule has 0 spiro atoms. The van der Waals surface area contributed by atoms with Crippen LogP contribution in [0.3, 0.4) is 0 Å². The van der Waals surface area contributed by atoms with Gasteiger partial charge in [0.1, 0.15) is 6.07 Å². The average molecular weight is 593 g/mol. The summed E-state index contributed by atoms with van der Waals surface area (Å²) >= 11 is 0.